The predicted molar refractivity (Wildman–Crippen MR) is 103 cm³/mol. The number of piperidine rings is 1. The maximum absolute atomic E-state index is 12.1. The Labute approximate surface area is 159 Å². The molecule has 0 aromatic carbocycles. The Morgan fingerprint density at radius 1 is 1.28 bits per heavy atom. The lowest BCUT2D eigenvalue weighted by molar-refractivity contribution is -0.0195. The standard InChI is InChI=1S/C19H36N2O3.ClH/c1-14(2)10-15(13-22)20-16-11-19(12-16)6-8-21(9-7-19)17(23)24-18(3,4)5;/h14-16,20,22H,6-13H2,1-5H3;1H/t15-;/m1./s1. The van der Waals surface area contributed by atoms with Crippen molar-refractivity contribution in [1.29, 1.82) is 0 Å². The Balaban J connectivity index is 0.00000312. The highest BCUT2D eigenvalue weighted by Gasteiger charge is 2.47. The molecule has 2 N–H and O–H groups in total. The molecular weight excluding hydrogens is 340 g/mol. The van der Waals surface area contributed by atoms with Crippen LogP contribution in [0.15, 0.2) is 0 Å². The van der Waals surface area contributed by atoms with Crippen LogP contribution < -0.4 is 5.32 Å². The lowest BCUT2D eigenvalue weighted by Gasteiger charge is -2.53. The van der Waals surface area contributed by atoms with Crippen molar-refractivity contribution in [3.05, 3.63) is 0 Å². The van der Waals surface area contributed by atoms with Gasteiger partial charge in [0.2, 0.25) is 0 Å². The fourth-order valence-electron chi connectivity index (χ4n) is 4.10. The second-order valence-corrected chi connectivity index (χ2v) is 9.25. The van der Waals surface area contributed by atoms with Crippen molar-refractivity contribution in [2.75, 3.05) is 19.7 Å². The zero-order valence-electron chi connectivity index (χ0n) is 16.5. The Morgan fingerprint density at radius 2 is 1.84 bits per heavy atom. The minimum absolute atomic E-state index is 0. The number of carbonyl (C=O) groups is 1. The van der Waals surface area contributed by atoms with Crippen molar-refractivity contribution >= 4 is 18.5 Å². The summed E-state index contributed by atoms with van der Waals surface area (Å²) in [6.45, 7) is 11.9. The number of amides is 1. The second kappa shape index (κ2) is 8.92. The van der Waals surface area contributed by atoms with Gasteiger partial charge in [-0.25, -0.2) is 4.79 Å². The number of aliphatic hydroxyl groups excluding tert-OH is 1. The topological polar surface area (TPSA) is 61.8 Å². The molecule has 2 rings (SSSR count). The van der Waals surface area contributed by atoms with Gasteiger partial charge in [-0.15, -0.1) is 12.4 Å². The van der Waals surface area contributed by atoms with E-state index in [9.17, 15) is 9.90 Å². The molecule has 25 heavy (non-hydrogen) atoms. The summed E-state index contributed by atoms with van der Waals surface area (Å²) in [7, 11) is 0. The van der Waals surface area contributed by atoms with Gasteiger partial charge in [0.1, 0.15) is 5.60 Å². The van der Waals surface area contributed by atoms with E-state index in [0.29, 0.717) is 17.4 Å². The maximum Gasteiger partial charge on any atom is 0.410 e. The Bertz CT molecular complexity index is 421. The molecule has 0 bridgehead atoms. The Hall–Kier alpha value is -0.520. The third kappa shape index (κ3) is 6.61. The maximum atomic E-state index is 12.1. The van der Waals surface area contributed by atoms with E-state index < -0.39 is 5.60 Å². The monoisotopic (exact) mass is 376 g/mol. The summed E-state index contributed by atoms with van der Waals surface area (Å²) >= 11 is 0. The first-order chi connectivity index (χ1) is 11.1. The quantitative estimate of drug-likeness (QED) is 0.769. The second-order valence-electron chi connectivity index (χ2n) is 9.25. The molecule has 5 nitrogen and oxygen atoms in total. The zero-order chi connectivity index (χ0) is 18.0. The van der Waals surface area contributed by atoms with Crippen LogP contribution in [0.2, 0.25) is 0 Å². The highest BCUT2D eigenvalue weighted by Crippen LogP contribution is 2.49. The number of likely N-dealkylation sites (tertiary alicyclic amines) is 1. The van der Waals surface area contributed by atoms with Crippen molar-refractivity contribution in [3.63, 3.8) is 0 Å². The first-order valence-electron chi connectivity index (χ1n) is 9.47. The highest BCUT2D eigenvalue weighted by molar-refractivity contribution is 5.85. The van der Waals surface area contributed by atoms with E-state index >= 15 is 0 Å². The zero-order valence-corrected chi connectivity index (χ0v) is 17.3. The molecule has 6 heteroatoms. The predicted octanol–water partition coefficient (Wildman–Crippen LogP) is 3.58. The minimum Gasteiger partial charge on any atom is -0.444 e. The molecule has 2 fully saturated rings. The average molecular weight is 377 g/mol. The van der Waals surface area contributed by atoms with E-state index in [4.69, 9.17) is 4.74 Å². The summed E-state index contributed by atoms with van der Waals surface area (Å²) in [5.74, 6) is 0.598. The van der Waals surface area contributed by atoms with E-state index in [0.717, 1.165) is 32.4 Å². The van der Waals surface area contributed by atoms with Crippen molar-refractivity contribution in [1.82, 2.24) is 10.2 Å². The summed E-state index contributed by atoms with van der Waals surface area (Å²) in [6, 6.07) is 0.739. The molecule has 0 aromatic rings. The molecule has 1 saturated heterocycles. The number of hydrogen-bond acceptors (Lipinski definition) is 4. The fraction of sp³-hybridized carbons (Fsp3) is 0.947. The first kappa shape index (κ1) is 22.5. The van der Waals surface area contributed by atoms with Crippen LogP contribution in [0.25, 0.3) is 0 Å². The molecule has 2 aliphatic rings. The lowest BCUT2D eigenvalue weighted by Crippen LogP contribution is -2.57. The minimum atomic E-state index is -0.423. The molecule has 1 atom stereocenters. The number of ether oxygens (including phenoxy) is 1. The highest BCUT2D eigenvalue weighted by atomic mass is 35.5. The number of carbonyl (C=O) groups excluding carboxylic acids is 1. The van der Waals surface area contributed by atoms with Gasteiger partial charge < -0.3 is 20.1 Å². The molecule has 1 aliphatic carbocycles. The van der Waals surface area contributed by atoms with Gasteiger partial charge in [0.05, 0.1) is 6.61 Å². The van der Waals surface area contributed by atoms with Crippen molar-refractivity contribution in [3.8, 4) is 0 Å². The fourth-order valence-corrected chi connectivity index (χ4v) is 4.10. The molecular formula is C19H37ClN2O3. The van der Waals surface area contributed by atoms with Crippen molar-refractivity contribution in [2.45, 2.75) is 84.4 Å². The smallest absolute Gasteiger partial charge is 0.410 e. The summed E-state index contributed by atoms with van der Waals surface area (Å²) in [5, 5.41) is 13.1. The first-order valence-corrected chi connectivity index (χ1v) is 9.47. The van der Waals surface area contributed by atoms with Crippen LogP contribution in [0, 0.1) is 11.3 Å². The van der Waals surface area contributed by atoms with Gasteiger partial charge in [0.15, 0.2) is 0 Å². The van der Waals surface area contributed by atoms with Gasteiger partial charge in [-0.3, -0.25) is 0 Å². The number of nitrogens with zero attached hydrogens (tertiary/aromatic N) is 1. The molecule has 1 heterocycles. The number of halogens is 1. The third-order valence-corrected chi connectivity index (χ3v) is 5.28. The van der Waals surface area contributed by atoms with Gasteiger partial charge in [-0.2, -0.15) is 0 Å². The number of nitrogens with one attached hydrogen (secondary N) is 1. The average Bonchev–Trinajstić information content (AvgIpc) is 2.43. The summed E-state index contributed by atoms with van der Waals surface area (Å²) in [5.41, 5.74) is -0.0263. The number of rotatable bonds is 5. The molecule has 0 aromatic heterocycles. The van der Waals surface area contributed by atoms with Gasteiger partial charge >= 0.3 is 6.09 Å². The Kier molecular flexibility index (Phi) is 8.03. The normalized spacial score (nSPS) is 21.6. The van der Waals surface area contributed by atoms with Crippen LogP contribution in [-0.4, -0.2) is 53.5 Å². The molecule has 0 unspecified atom stereocenters. The molecule has 1 saturated carbocycles. The molecule has 1 aliphatic heterocycles. The molecule has 0 radical (unpaired) electrons. The molecule has 1 spiro atoms. The molecule has 1 amide bonds. The van der Waals surface area contributed by atoms with Crippen LogP contribution in [0.4, 0.5) is 4.79 Å². The van der Waals surface area contributed by atoms with Crippen LogP contribution in [0.1, 0.15) is 66.7 Å². The van der Waals surface area contributed by atoms with E-state index in [1.807, 2.05) is 25.7 Å². The number of hydrogen-bond donors (Lipinski definition) is 2. The largest absolute Gasteiger partial charge is 0.444 e. The van der Waals surface area contributed by atoms with E-state index in [1.165, 1.54) is 12.8 Å². The van der Waals surface area contributed by atoms with E-state index in [-0.39, 0.29) is 31.1 Å². The van der Waals surface area contributed by atoms with Gasteiger partial charge in [0, 0.05) is 25.2 Å². The summed E-state index contributed by atoms with van der Waals surface area (Å²) in [6.07, 6.45) is 5.32. The van der Waals surface area contributed by atoms with Crippen LogP contribution in [0.3, 0.4) is 0 Å². The van der Waals surface area contributed by atoms with Crippen LogP contribution >= 0.6 is 12.4 Å². The van der Waals surface area contributed by atoms with Gasteiger partial charge in [-0.1, -0.05) is 13.8 Å². The van der Waals surface area contributed by atoms with E-state index in [2.05, 4.69) is 19.2 Å². The number of aliphatic hydroxyl groups is 1. The van der Waals surface area contributed by atoms with Crippen LogP contribution in [-0.2, 0) is 4.74 Å². The summed E-state index contributed by atoms with van der Waals surface area (Å²) < 4.78 is 5.47. The Morgan fingerprint density at radius 3 is 2.28 bits per heavy atom. The summed E-state index contributed by atoms with van der Waals surface area (Å²) in [4.78, 5) is 14.0. The van der Waals surface area contributed by atoms with Gasteiger partial charge in [0.25, 0.3) is 0 Å². The molecule has 148 valence electrons. The van der Waals surface area contributed by atoms with E-state index in [1.54, 1.807) is 0 Å². The lowest BCUT2D eigenvalue weighted by atomic mass is 9.60. The van der Waals surface area contributed by atoms with Crippen molar-refractivity contribution in [2.24, 2.45) is 11.3 Å². The third-order valence-electron chi connectivity index (χ3n) is 5.28. The van der Waals surface area contributed by atoms with Crippen LogP contribution in [0.5, 0.6) is 0 Å². The SMILES string of the molecule is CC(C)C[C@H](CO)NC1CC2(CCN(C(=O)OC(C)(C)C)CC2)C1.Cl. The van der Waals surface area contributed by atoms with Gasteiger partial charge in [-0.05, 0) is 64.2 Å². The van der Waals surface area contributed by atoms with Crippen molar-refractivity contribution < 1.29 is 14.6 Å².